The highest BCUT2D eigenvalue weighted by molar-refractivity contribution is 8.00. The quantitative estimate of drug-likeness (QED) is 0.785. The molecule has 20 heavy (non-hydrogen) atoms. The van der Waals surface area contributed by atoms with Crippen LogP contribution in [0.3, 0.4) is 0 Å². The van der Waals surface area contributed by atoms with Crippen LogP contribution >= 0.6 is 11.8 Å². The van der Waals surface area contributed by atoms with E-state index in [1.54, 1.807) is 0 Å². The third-order valence-corrected chi connectivity index (χ3v) is 6.89. The van der Waals surface area contributed by atoms with Gasteiger partial charge in [-0.3, -0.25) is 4.79 Å². The minimum atomic E-state index is -3.45. The van der Waals surface area contributed by atoms with Gasteiger partial charge in [0, 0.05) is 24.9 Å². The molecule has 8 heteroatoms. The fraction of sp³-hybridized carbons (Fsp3) is 0.917. The lowest BCUT2D eigenvalue weighted by atomic mass is 9.99. The number of rotatable bonds is 5. The average Bonchev–Trinajstić information content (AvgIpc) is 2.46. The Bertz CT molecular complexity index is 427. The van der Waals surface area contributed by atoms with E-state index < -0.39 is 22.1 Å². The number of thioether (sulfide) groups is 1. The van der Waals surface area contributed by atoms with Gasteiger partial charge in [-0.15, -0.1) is 0 Å². The summed E-state index contributed by atoms with van der Waals surface area (Å²) < 4.78 is 28.4. The summed E-state index contributed by atoms with van der Waals surface area (Å²) in [6.45, 7) is 1.07. The molecule has 6 nitrogen and oxygen atoms in total. The molecule has 0 aromatic rings. The molecule has 0 bridgehead atoms. The molecular weight excluding hydrogens is 300 g/mol. The summed E-state index contributed by atoms with van der Waals surface area (Å²) in [7, 11) is -3.45. The molecule has 116 valence electrons. The van der Waals surface area contributed by atoms with Crippen LogP contribution in [0.2, 0.25) is 0 Å². The van der Waals surface area contributed by atoms with Crippen molar-refractivity contribution in [3.05, 3.63) is 0 Å². The molecule has 0 aromatic heterocycles. The fourth-order valence-corrected chi connectivity index (χ4v) is 5.23. The SMILES string of the molecule is O=C(O)C1CCN(S(=O)(=O)NCC2CCCCS2)CC1. The number of carboxylic acid groups (broad SMARTS) is 1. The maximum absolute atomic E-state index is 12.2. The minimum absolute atomic E-state index is 0.296. The molecule has 2 heterocycles. The maximum Gasteiger partial charge on any atom is 0.306 e. The number of piperidine rings is 1. The Hall–Kier alpha value is -0.310. The zero-order valence-electron chi connectivity index (χ0n) is 11.5. The summed E-state index contributed by atoms with van der Waals surface area (Å²) in [6, 6.07) is 0. The van der Waals surface area contributed by atoms with Crippen molar-refractivity contribution >= 4 is 27.9 Å². The number of hydrogen-bond acceptors (Lipinski definition) is 4. The Balaban J connectivity index is 1.80. The highest BCUT2D eigenvalue weighted by Gasteiger charge is 2.31. The molecule has 2 rings (SSSR count). The van der Waals surface area contributed by atoms with Crippen LogP contribution < -0.4 is 4.72 Å². The number of nitrogens with one attached hydrogen (secondary N) is 1. The molecule has 2 aliphatic rings. The van der Waals surface area contributed by atoms with E-state index in [-0.39, 0.29) is 0 Å². The van der Waals surface area contributed by atoms with Crippen molar-refractivity contribution in [2.24, 2.45) is 5.92 Å². The van der Waals surface area contributed by atoms with Crippen LogP contribution in [0.1, 0.15) is 32.1 Å². The second-order valence-electron chi connectivity index (χ2n) is 5.35. The van der Waals surface area contributed by atoms with Gasteiger partial charge < -0.3 is 5.11 Å². The number of hydrogen-bond donors (Lipinski definition) is 2. The zero-order chi connectivity index (χ0) is 14.6. The van der Waals surface area contributed by atoms with Gasteiger partial charge in [-0.1, -0.05) is 6.42 Å². The van der Waals surface area contributed by atoms with E-state index in [1.807, 2.05) is 11.8 Å². The minimum Gasteiger partial charge on any atom is -0.481 e. The van der Waals surface area contributed by atoms with Crippen molar-refractivity contribution in [3.63, 3.8) is 0 Å². The molecule has 0 saturated carbocycles. The molecule has 0 aromatic carbocycles. The number of nitrogens with zero attached hydrogens (tertiary/aromatic N) is 1. The van der Waals surface area contributed by atoms with Gasteiger partial charge in [0.15, 0.2) is 0 Å². The summed E-state index contributed by atoms with van der Waals surface area (Å²) in [5, 5.41) is 9.28. The number of carbonyl (C=O) groups is 1. The van der Waals surface area contributed by atoms with Crippen molar-refractivity contribution in [3.8, 4) is 0 Å². The van der Waals surface area contributed by atoms with E-state index in [0.717, 1.165) is 12.2 Å². The standard InChI is InChI=1S/C12H22N2O4S2/c15-12(16)10-4-6-14(7-5-10)20(17,18)13-9-11-3-1-2-8-19-11/h10-11,13H,1-9H2,(H,15,16). The monoisotopic (exact) mass is 322 g/mol. The van der Waals surface area contributed by atoms with E-state index in [0.29, 0.717) is 37.7 Å². The predicted molar refractivity (Wildman–Crippen MR) is 79.0 cm³/mol. The lowest BCUT2D eigenvalue weighted by Crippen LogP contribution is -2.47. The molecule has 0 amide bonds. The van der Waals surface area contributed by atoms with Crippen molar-refractivity contribution in [1.29, 1.82) is 0 Å². The van der Waals surface area contributed by atoms with Gasteiger partial charge in [0.2, 0.25) is 0 Å². The van der Waals surface area contributed by atoms with Crippen LogP contribution in [0.15, 0.2) is 0 Å². The second-order valence-corrected chi connectivity index (χ2v) is 8.52. The largest absolute Gasteiger partial charge is 0.481 e. The van der Waals surface area contributed by atoms with E-state index in [2.05, 4.69) is 4.72 Å². The van der Waals surface area contributed by atoms with E-state index in [9.17, 15) is 13.2 Å². The first-order valence-electron chi connectivity index (χ1n) is 7.08. The molecule has 0 radical (unpaired) electrons. The van der Waals surface area contributed by atoms with Gasteiger partial charge in [-0.05, 0) is 31.4 Å². The molecule has 0 aliphatic carbocycles. The highest BCUT2D eigenvalue weighted by atomic mass is 32.2. The molecule has 2 N–H and O–H groups in total. The van der Waals surface area contributed by atoms with Crippen molar-refractivity contribution in [1.82, 2.24) is 9.03 Å². The molecule has 1 atom stereocenters. The third-order valence-electron chi connectivity index (χ3n) is 3.91. The Kier molecular flexibility index (Phi) is 5.71. The molecule has 2 saturated heterocycles. The molecule has 2 fully saturated rings. The van der Waals surface area contributed by atoms with Crippen LogP contribution in [-0.2, 0) is 15.0 Å². The molecule has 0 spiro atoms. The topological polar surface area (TPSA) is 86.7 Å². The van der Waals surface area contributed by atoms with E-state index in [1.165, 1.54) is 17.1 Å². The summed E-state index contributed by atoms with van der Waals surface area (Å²) in [6.07, 6.45) is 4.25. The van der Waals surface area contributed by atoms with Gasteiger partial charge in [0.05, 0.1) is 5.92 Å². The van der Waals surface area contributed by atoms with Gasteiger partial charge >= 0.3 is 5.97 Å². The van der Waals surface area contributed by atoms with Crippen molar-refractivity contribution in [2.75, 3.05) is 25.4 Å². The first-order valence-corrected chi connectivity index (χ1v) is 9.57. The first-order chi connectivity index (χ1) is 9.49. The molecular formula is C12H22N2O4S2. The Morgan fingerprint density at radius 1 is 1.25 bits per heavy atom. The summed E-state index contributed by atoms with van der Waals surface area (Å²) in [4.78, 5) is 10.9. The van der Waals surface area contributed by atoms with Crippen molar-refractivity contribution in [2.45, 2.75) is 37.4 Å². The van der Waals surface area contributed by atoms with Gasteiger partial charge in [-0.2, -0.15) is 24.5 Å². The summed E-state index contributed by atoms with van der Waals surface area (Å²) >= 11 is 1.83. The van der Waals surface area contributed by atoms with Gasteiger partial charge in [0.25, 0.3) is 10.2 Å². The fourth-order valence-electron chi connectivity index (χ4n) is 2.60. The van der Waals surface area contributed by atoms with Gasteiger partial charge in [-0.25, -0.2) is 4.72 Å². The van der Waals surface area contributed by atoms with Crippen molar-refractivity contribution < 1.29 is 18.3 Å². The Morgan fingerprint density at radius 3 is 2.50 bits per heavy atom. The van der Waals surface area contributed by atoms with Crippen LogP contribution in [-0.4, -0.2) is 54.4 Å². The Morgan fingerprint density at radius 2 is 1.95 bits per heavy atom. The van der Waals surface area contributed by atoms with Crippen LogP contribution in [0, 0.1) is 5.92 Å². The zero-order valence-corrected chi connectivity index (χ0v) is 13.1. The van der Waals surface area contributed by atoms with Crippen LogP contribution in [0.25, 0.3) is 0 Å². The number of carboxylic acids is 1. The summed E-state index contributed by atoms with van der Waals surface area (Å²) in [5.41, 5.74) is 0. The maximum atomic E-state index is 12.2. The van der Waals surface area contributed by atoms with E-state index in [4.69, 9.17) is 5.11 Å². The second kappa shape index (κ2) is 7.11. The van der Waals surface area contributed by atoms with Crippen LogP contribution in [0.5, 0.6) is 0 Å². The normalized spacial score (nSPS) is 26.5. The first kappa shape index (κ1) is 16.1. The summed E-state index contributed by atoms with van der Waals surface area (Å²) in [5.74, 6) is -0.125. The van der Waals surface area contributed by atoms with Gasteiger partial charge in [0.1, 0.15) is 0 Å². The molecule has 1 unspecified atom stereocenters. The third kappa shape index (κ3) is 4.34. The Labute approximate surface area is 124 Å². The molecule has 2 aliphatic heterocycles. The smallest absolute Gasteiger partial charge is 0.306 e. The highest BCUT2D eigenvalue weighted by Crippen LogP contribution is 2.25. The lowest BCUT2D eigenvalue weighted by molar-refractivity contribution is -0.142. The number of aliphatic carboxylic acids is 1. The lowest BCUT2D eigenvalue weighted by Gasteiger charge is -2.30. The average molecular weight is 322 g/mol. The van der Waals surface area contributed by atoms with E-state index >= 15 is 0 Å². The van der Waals surface area contributed by atoms with Crippen LogP contribution in [0.4, 0.5) is 0 Å². The predicted octanol–water partition coefficient (Wildman–Crippen LogP) is 0.903.